The number of halogens is 4. The Morgan fingerprint density at radius 1 is 1.54 bits per heavy atom. The Kier molecular flexibility index (Phi) is 2.87. The Bertz CT molecular complexity index is 343. The van der Waals surface area contributed by atoms with E-state index in [1.165, 1.54) is 0 Å². The summed E-state index contributed by atoms with van der Waals surface area (Å²) in [7, 11) is 0. The molecule has 1 aromatic rings. The molecule has 1 rings (SSSR count). The smallest absolute Gasteiger partial charge is 0.265 e. The normalized spacial score (nSPS) is 10.5. The van der Waals surface area contributed by atoms with Gasteiger partial charge in [-0.15, -0.1) is 0 Å². The van der Waals surface area contributed by atoms with Crippen molar-refractivity contribution in [3.05, 3.63) is 29.3 Å². The van der Waals surface area contributed by atoms with E-state index in [1.54, 1.807) is 0 Å². The highest BCUT2D eigenvalue weighted by Gasteiger charge is 2.15. The minimum Gasteiger partial charge on any atom is -0.275 e. The van der Waals surface area contributed by atoms with Gasteiger partial charge in [0.15, 0.2) is 0 Å². The van der Waals surface area contributed by atoms with Crippen LogP contribution in [0.3, 0.4) is 0 Å². The summed E-state index contributed by atoms with van der Waals surface area (Å²) in [5, 5.41) is -1.15. The van der Waals surface area contributed by atoms with Crippen molar-refractivity contribution >= 4 is 16.8 Å². The number of aromatic nitrogens is 1. The summed E-state index contributed by atoms with van der Waals surface area (Å²) in [6.07, 6.45) is -2.15. The first-order valence-corrected chi connectivity index (χ1v) is 3.53. The van der Waals surface area contributed by atoms with Crippen molar-refractivity contribution < 1.29 is 18.0 Å². The van der Waals surface area contributed by atoms with E-state index in [2.05, 4.69) is 4.98 Å². The number of hydrogen-bond donors (Lipinski definition) is 0. The summed E-state index contributed by atoms with van der Waals surface area (Å²) in [6, 6.07) is 0.683. The molecule has 13 heavy (non-hydrogen) atoms. The first-order valence-electron chi connectivity index (χ1n) is 3.16. The molecule has 0 radical (unpaired) electrons. The fourth-order valence-electron chi connectivity index (χ4n) is 0.721. The maximum Gasteiger partial charge on any atom is 0.265 e. The molecule has 0 aliphatic rings. The molecule has 70 valence electrons. The van der Waals surface area contributed by atoms with E-state index < -0.39 is 28.7 Å². The lowest BCUT2D eigenvalue weighted by molar-refractivity contribution is 0.107. The summed E-state index contributed by atoms with van der Waals surface area (Å²) >= 11 is 4.92. The van der Waals surface area contributed by atoms with Gasteiger partial charge >= 0.3 is 0 Å². The molecule has 2 nitrogen and oxygen atoms in total. The standard InChI is InChI=1S/C7H3ClF3NO/c8-5(13)4-1-3(6(9)10)2-12-7(4)11/h1-2,6H. The molecule has 0 spiro atoms. The minimum absolute atomic E-state index is 0.537. The molecule has 0 fully saturated rings. The fourth-order valence-corrected chi connectivity index (χ4v) is 0.854. The average molecular weight is 210 g/mol. The first kappa shape index (κ1) is 9.98. The van der Waals surface area contributed by atoms with Crippen LogP contribution in [0, 0.1) is 5.95 Å². The molecule has 6 heteroatoms. The third-order valence-corrected chi connectivity index (χ3v) is 1.53. The SMILES string of the molecule is O=C(Cl)c1cc(C(F)F)cnc1F. The third kappa shape index (κ3) is 2.18. The highest BCUT2D eigenvalue weighted by atomic mass is 35.5. The van der Waals surface area contributed by atoms with Crippen LogP contribution >= 0.6 is 11.6 Å². The molecule has 0 atom stereocenters. The third-order valence-electron chi connectivity index (χ3n) is 1.32. The van der Waals surface area contributed by atoms with Gasteiger partial charge in [-0.3, -0.25) is 4.79 Å². The monoisotopic (exact) mass is 209 g/mol. The van der Waals surface area contributed by atoms with Gasteiger partial charge < -0.3 is 0 Å². The van der Waals surface area contributed by atoms with Crippen LogP contribution in [0.4, 0.5) is 13.2 Å². The van der Waals surface area contributed by atoms with Gasteiger partial charge in [-0.25, -0.2) is 13.8 Å². The van der Waals surface area contributed by atoms with Crippen LogP contribution in [0.15, 0.2) is 12.3 Å². The van der Waals surface area contributed by atoms with Gasteiger partial charge in [0, 0.05) is 11.8 Å². The Labute approximate surface area is 76.3 Å². The van der Waals surface area contributed by atoms with Crippen LogP contribution in [0.25, 0.3) is 0 Å². The van der Waals surface area contributed by atoms with E-state index in [9.17, 15) is 18.0 Å². The fraction of sp³-hybridized carbons (Fsp3) is 0.143. The molecule has 0 bridgehead atoms. The number of carbonyl (C=O) groups excluding carboxylic acids is 1. The quantitative estimate of drug-likeness (QED) is 0.553. The summed E-state index contributed by atoms with van der Waals surface area (Å²) in [5.41, 5.74) is -1.18. The van der Waals surface area contributed by atoms with Crippen LogP contribution in [-0.2, 0) is 0 Å². The van der Waals surface area contributed by atoms with Gasteiger partial charge in [0.1, 0.15) is 0 Å². The highest BCUT2D eigenvalue weighted by Crippen LogP contribution is 2.20. The van der Waals surface area contributed by atoms with Crippen molar-refractivity contribution in [2.45, 2.75) is 6.43 Å². The van der Waals surface area contributed by atoms with E-state index >= 15 is 0 Å². The number of rotatable bonds is 2. The summed E-state index contributed by atoms with van der Waals surface area (Å²) in [5.74, 6) is -1.15. The van der Waals surface area contributed by atoms with E-state index in [-0.39, 0.29) is 0 Å². The summed E-state index contributed by atoms with van der Waals surface area (Å²) in [6.45, 7) is 0. The zero-order chi connectivity index (χ0) is 10.0. The maximum atomic E-state index is 12.6. The number of alkyl halides is 2. The minimum atomic E-state index is -2.80. The molecule has 0 saturated carbocycles. The largest absolute Gasteiger partial charge is 0.275 e. The highest BCUT2D eigenvalue weighted by molar-refractivity contribution is 6.67. The molecule has 0 saturated heterocycles. The predicted molar refractivity (Wildman–Crippen MR) is 39.3 cm³/mol. The van der Waals surface area contributed by atoms with Crippen molar-refractivity contribution in [3.63, 3.8) is 0 Å². The zero-order valence-corrected chi connectivity index (χ0v) is 6.86. The van der Waals surface area contributed by atoms with Crippen LogP contribution in [0.2, 0.25) is 0 Å². The van der Waals surface area contributed by atoms with Crippen LogP contribution in [-0.4, -0.2) is 10.2 Å². The lowest BCUT2D eigenvalue weighted by Crippen LogP contribution is -2.00. The van der Waals surface area contributed by atoms with Crippen molar-refractivity contribution in [3.8, 4) is 0 Å². The molecular formula is C7H3ClF3NO. The average Bonchev–Trinajstić information content (AvgIpc) is 2.04. The lowest BCUT2D eigenvalue weighted by atomic mass is 10.2. The van der Waals surface area contributed by atoms with Crippen LogP contribution < -0.4 is 0 Å². The maximum absolute atomic E-state index is 12.6. The van der Waals surface area contributed by atoms with Crippen molar-refractivity contribution in [2.75, 3.05) is 0 Å². The van der Waals surface area contributed by atoms with Crippen molar-refractivity contribution in [1.29, 1.82) is 0 Å². The van der Waals surface area contributed by atoms with Gasteiger partial charge in [-0.1, -0.05) is 0 Å². The predicted octanol–water partition coefficient (Wildman–Crippen LogP) is 2.54. The van der Waals surface area contributed by atoms with Gasteiger partial charge in [0.2, 0.25) is 5.95 Å². The number of carbonyl (C=O) groups is 1. The van der Waals surface area contributed by atoms with Gasteiger partial charge in [-0.05, 0) is 17.7 Å². The topological polar surface area (TPSA) is 30.0 Å². The Hall–Kier alpha value is -1.10. The van der Waals surface area contributed by atoms with E-state index in [0.29, 0.717) is 12.3 Å². The molecule has 1 aromatic heterocycles. The molecule has 0 aromatic carbocycles. The van der Waals surface area contributed by atoms with Crippen molar-refractivity contribution in [2.24, 2.45) is 0 Å². The van der Waals surface area contributed by atoms with E-state index in [4.69, 9.17) is 11.6 Å². The second kappa shape index (κ2) is 3.74. The van der Waals surface area contributed by atoms with Gasteiger partial charge in [-0.2, -0.15) is 4.39 Å². The first-order chi connectivity index (χ1) is 6.02. The van der Waals surface area contributed by atoms with Gasteiger partial charge in [0.05, 0.1) is 5.56 Å². The van der Waals surface area contributed by atoms with Gasteiger partial charge in [0.25, 0.3) is 11.7 Å². The van der Waals surface area contributed by atoms with Crippen molar-refractivity contribution in [1.82, 2.24) is 4.98 Å². The molecule has 0 aliphatic heterocycles. The summed E-state index contributed by atoms with van der Waals surface area (Å²) in [4.78, 5) is 13.5. The number of nitrogens with zero attached hydrogens (tertiary/aromatic N) is 1. The van der Waals surface area contributed by atoms with Crippen LogP contribution in [0.1, 0.15) is 22.3 Å². The number of hydrogen-bond acceptors (Lipinski definition) is 2. The second-order valence-corrected chi connectivity index (χ2v) is 2.52. The molecule has 0 aliphatic carbocycles. The van der Waals surface area contributed by atoms with E-state index in [0.717, 1.165) is 0 Å². The second-order valence-electron chi connectivity index (χ2n) is 2.18. The Balaban J connectivity index is 3.19. The molecule has 1 heterocycles. The number of pyridine rings is 1. The Morgan fingerprint density at radius 2 is 2.15 bits per heavy atom. The zero-order valence-electron chi connectivity index (χ0n) is 6.10. The molecular weight excluding hydrogens is 207 g/mol. The molecule has 0 N–H and O–H groups in total. The summed E-state index contributed by atoms with van der Waals surface area (Å²) < 4.78 is 36.7. The van der Waals surface area contributed by atoms with E-state index in [1.807, 2.05) is 0 Å². The molecule has 0 amide bonds. The Morgan fingerprint density at radius 3 is 2.62 bits per heavy atom. The lowest BCUT2D eigenvalue weighted by Gasteiger charge is -2.00. The van der Waals surface area contributed by atoms with Crippen LogP contribution in [0.5, 0.6) is 0 Å². The molecule has 0 unspecified atom stereocenters.